The van der Waals surface area contributed by atoms with Crippen molar-refractivity contribution in [2.45, 2.75) is 37.1 Å². The maximum Gasteiger partial charge on any atom is 0.279 e. The molecule has 1 aliphatic heterocycles. The molecule has 1 aromatic heterocycles. The number of rotatable bonds is 5. The Bertz CT molecular complexity index is 1280. The second kappa shape index (κ2) is 10.5. The summed E-state index contributed by atoms with van der Waals surface area (Å²) in [5, 5.41) is 5.47. The summed E-state index contributed by atoms with van der Waals surface area (Å²) in [6.45, 7) is 2.41. The first kappa shape index (κ1) is 24.7. The highest BCUT2D eigenvalue weighted by molar-refractivity contribution is 6.30. The third-order valence-corrected chi connectivity index (χ3v) is 7.85. The number of hydrogen-bond acceptors (Lipinski definition) is 5. The van der Waals surface area contributed by atoms with E-state index in [1.165, 1.54) is 0 Å². The highest BCUT2D eigenvalue weighted by Crippen LogP contribution is 2.42. The molecule has 0 bridgehead atoms. The van der Waals surface area contributed by atoms with Gasteiger partial charge in [-0.1, -0.05) is 54.1 Å². The van der Waals surface area contributed by atoms with Gasteiger partial charge in [0.25, 0.3) is 11.5 Å². The van der Waals surface area contributed by atoms with E-state index in [0.717, 1.165) is 36.8 Å². The second-order valence-corrected chi connectivity index (χ2v) is 10.1. The van der Waals surface area contributed by atoms with Gasteiger partial charge in [0.05, 0.1) is 24.9 Å². The minimum atomic E-state index is -0.334. The number of carbonyl (C=O) groups excluding carboxylic acids is 1. The molecule has 0 spiro atoms. The molecule has 2 aliphatic rings. The third-order valence-electron chi connectivity index (χ3n) is 7.62. The fourth-order valence-electron chi connectivity index (χ4n) is 5.43. The number of nitrogens with zero attached hydrogens (tertiary/aromatic N) is 3. The zero-order chi connectivity index (χ0) is 25.1. The summed E-state index contributed by atoms with van der Waals surface area (Å²) in [7, 11) is 0. The van der Waals surface area contributed by atoms with Crippen LogP contribution in [0.15, 0.2) is 65.5 Å². The first-order valence-electron chi connectivity index (χ1n) is 12.5. The van der Waals surface area contributed by atoms with Crippen LogP contribution in [0.5, 0.6) is 0 Å². The topological polar surface area (TPSA) is 90.5 Å². The molecule has 2 aromatic carbocycles. The van der Waals surface area contributed by atoms with Crippen molar-refractivity contribution in [3.05, 3.63) is 87.2 Å². The average molecular weight is 507 g/mol. The Hall–Kier alpha value is -3.00. The van der Waals surface area contributed by atoms with E-state index in [9.17, 15) is 9.59 Å². The molecule has 2 heterocycles. The number of hydrogen-bond donors (Lipinski definition) is 1. The summed E-state index contributed by atoms with van der Waals surface area (Å²) in [4.78, 5) is 28.8. The molecule has 1 amide bonds. The van der Waals surface area contributed by atoms with Crippen molar-refractivity contribution in [1.82, 2.24) is 14.7 Å². The quantitative estimate of drug-likeness (QED) is 0.564. The summed E-state index contributed by atoms with van der Waals surface area (Å²) < 4.78 is 6.94. The van der Waals surface area contributed by atoms with E-state index in [2.05, 4.69) is 6.07 Å². The van der Waals surface area contributed by atoms with Crippen molar-refractivity contribution in [1.29, 1.82) is 0 Å². The minimum Gasteiger partial charge on any atom is -0.378 e. The van der Waals surface area contributed by atoms with Crippen LogP contribution in [0.3, 0.4) is 0 Å². The molecule has 3 aromatic rings. The van der Waals surface area contributed by atoms with Crippen LogP contribution in [-0.2, 0) is 10.2 Å². The number of nitrogens with two attached hydrogens (primary N) is 1. The van der Waals surface area contributed by atoms with Crippen molar-refractivity contribution in [3.8, 4) is 11.3 Å². The van der Waals surface area contributed by atoms with E-state index in [4.69, 9.17) is 27.2 Å². The average Bonchev–Trinajstić information content (AvgIpc) is 2.94. The molecule has 8 heteroatoms. The Labute approximate surface area is 215 Å². The summed E-state index contributed by atoms with van der Waals surface area (Å²) in [5.41, 5.74) is 8.56. The molecule has 1 saturated heterocycles. The maximum atomic E-state index is 13.7. The smallest absolute Gasteiger partial charge is 0.279 e. The van der Waals surface area contributed by atoms with Gasteiger partial charge in [-0.05, 0) is 49.4 Å². The molecular weight excluding hydrogens is 476 g/mol. The van der Waals surface area contributed by atoms with Crippen molar-refractivity contribution in [3.63, 3.8) is 0 Å². The molecule has 188 valence electrons. The number of halogens is 1. The minimum absolute atomic E-state index is 0.115. The zero-order valence-electron chi connectivity index (χ0n) is 20.2. The summed E-state index contributed by atoms with van der Waals surface area (Å²) >= 11 is 6.28. The highest BCUT2D eigenvalue weighted by atomic mass is 35.5. The molecule has 1 saturated carbocycles. The van der Waals surface area contributed by atoms with Crippen molar-refractivity contribution in [2.75, 3.05) is 32.8 Å². The second-order valence-electron chi connectivity index (χ2n) is 9.69. The van der Waals surface area contributed by atoms with E-state index in [1.54, 1.807) is 15.6 Å². The Kier molecular flexibility index (Phi) is 7.23. The van der Waals surface area contributed by atoms with Crippen LogP contribution in [0.2, 0.25) is 5.02 Å². The Balaban J connectivity index is 1.49. The number of ether oxygens (including phenoxy) is 1. The first-order chi connectivity index (χ1) is 17.5. The van der Waals surface area contributed by atoms with E-state index in [-0.39, 0.29) is 28.5 Å². The van der Waals surface area contributed by atoms with Gasteiger partial charge in [0.1, 0.15) is 5.56 Å². The largest absolute Gasteiger partial charge is 0.378 e. The van der Waals surface area contributed by atoms with Crippen LogP contribution in [0.25, 0.3) is 11.3 Å². The van der Waals surface area contributed by atoms with Crippen LogP contribution >= 0.6 is 11.6 Å². The number of amides is 1. The fraction of sp³-hybridized carbons (Fsp3) is 0.393. The molecule has 0 unspecified atom stereocenters. The SMILES string of the molecule is NC[C@]1(c2cccc(Cl)c2)CC[C@H](n2nc(-c3ccccc3)cc(C(=O)N3CCOCC3)c2=O)CC1. The van der Waals surface area contributed by atoms with E-state index in [1.807, 2.05) is 48.5 Å². The van der Waals surface area contributed by atoms with Crippen molar-refractivity contribution < 1.29 is 9.53 Å². The highest BCUT2D eigenvalue weighted by Gasteiger charge is 2.37. The van der Waals surface area contributed by atoms with Gasteiger partial charge in [-0.2, -0.15) is 5.10 Å². The predicted octanol–water partition coefficient (Wildman–Crippen LogP) is 4.05. The lowest BCUT2D eigenvalue weighted by molar-refractivity contribution is 0.0300. The van der Waals surface area contributed by atoms with E-state index in [0.29, 0.717) is 43.6 Å². The molecule has 1 aliphatic carbocycles. The monoisotopic (exact) mass is 506 g/mol. The number of aromatic nitrogens is 2. The van der Waals surface area contributed by atoms with Crippen LogP contribution in [0.4, 0.5) is 0 Å². The normalized spacial score (nSPS) is 22.4. The van der Waals surface area contributed by atoms with E-state index < -0.39 is 0 Å². The lowest BCUT2D eigenvalue weighted by atomic mass is 9.68. The van der Waals surface area contributed by atoms with Gasteiger partial charge in [0.15, 0.2) is 0 Å². The molecule has 36 heavy (non-hydrogen) atoms. The van der Waals surface area contributed by atoms with E-state index >= 15 is 0 Å². The van der Waals surface area contributed by atoms with Crippen molar-refractivity contribution >= 4 is 17.5 Å². The van der Waals surface area contributed by atoms with Gasteiger partial charge >= 0.3 is 0 Å². The third kappa shape index (κ3) is 4.83. The van der Waals surface area contributed by atoms with Crippen LogP contribution in [-0.4, -0.2) is 53.4 Å². The lowest BCUT2D eigenvalue weighted by Crippen LogP contribution is -2.45. The molecule has 7 nitrogen and oxygen atoms in total. The molecule has 2 fully saturated rings. The van der Waals surface area contributed by atoms with Gasteiger partial charge < -0.3 is 15.4 Å². The molecule has 0 atom stereocenters. The lowest BCUT2D eigenvalue weighted by Gasteiger charge is -2.40. The Morgan fingerprint density at radius 1 is 1.06 bits per heavy atom. The predicted molar refractivity (Wildman–Crippen MR) is 140 cm³/mol. The van der Waals surface area contributed by atoms with Crippen LogP contribution in [0.1, 0.15) is 47.6 Å². The molecule has 2 N–H and O–H groups in total. The standard InChI is InChI=1S/C28H31ClN4O3/c29-22-8-4-7-21(17-22)28(19-30)11-9-23(10-12-28)33-27(35)24(26(34)32-13-15-36-16-14-32)18-25(31-33)20-5-2-1-3-6-20/h1-8,17-18,23H,9-16,19,30H2/t23-,28-. The number of benzene rings is 2. The number of carbonyl (C=O) groups is 1. The zero-order valence-corrected chi connectivity index (χ0v) is 21.0. The van der Waals surface area contributed by atoms with Gasteiger partial charge in [-0.15, -0.1) is 0 Å². The van der Waals surface area contributed by atoms with Crippen LogP contribution in [0, 0.1) is 0 Å². The van der Waals surface area contributed by atoms with Gasteiger partial charge in [-0.3, -0.25) is 9.59 Å². The Morgan fingerprint density at radius 2 is 1.78 bits per heavy atom. The summed E-state index contributed by atoms with van der Waals surface area (Å²) in [6.07, 6.45) is 3.09. The fourth-order valence-corrected chi connectivity index (χ4v) is 5.62. The molecule has 5 rings (SSSR count). The van der Waals surface area contributed by atoms with Crippen molar-refractivity contribution in [2.24, 2.45) is 5.73 Å². The molecule has 0 radical (unpaired) electrons. The first-order valence-corrected chi connectivity index (χ1v) is 12.9. The maximum absolute atomic E-state index is 13.7. The van der Waals surface area contributed by atoms with Gasteiger partial charge in [-0.25, -0.2) is 4.68 Å². The van der Waals surface area contributed by atoms with Gasteiger partial charge in [0, 0.05) is 35.6 Å². The molecular formula is C28H31ClN4O3. The summed E-state index contributed by atoms with van der Waals surface area (Å²) in [5.74, 6) is -0.261. The Morgan fingerprint density at radius 3 is 2.44 bits per heavy atom. The van der Waals surface area contributed by atoms with Gasteiger partial charge in [0.2, 0.25) is 0 Å². The summed E-state index contributed by atoms with van der Waals surface area (Å²) in [6, 6.07) is 19.1. The van der Waals surface area contributed by atoms with Crippen LogP contribution < -0.4 is 11.3 Å². The number of morpholine rings is 1.